The highest BCUT2D eigenvalue weighted by Gasteiger charge is 2.10. The molecule has 0 aliphatic carbocycles. The van der Waals surface area contributed by atoms with Crippen molar-refractivity contribution in [1.82, 2.24) is 0 Å². The number of nitrogens with zero attached hydrogens (tertiary/aromatic N) is 1. The second kappa shape index (κ2) is 9.23. The Morgan fingerprint density at radius 2 is 2.00 bits per heavy atom. The van der Waals surface area contributed by atoms with Crippen molar-refractivity contribution in [2.24, 2.45) is 22.6 Å². The molecular formula is C16H27N3O2. The van der Waals surface area contributed by atoms with Crippen LogP contribution in [0.4, 0.5) is 5.69 Å². The molecule has 1 unspecified atom stereocenters. The number of rotatable bonds is 8. The summed E-state index contributed by atoms with van der Waals surface area (Å²) in [5.41, 5.74) is 6.77. The number of methoxy groups -OCH3 is 1. The molecule has 0 amide bonds. The molecule has 1 atom stereocenters. The van der Waals surface area contributed by atoms with Crippen molar-refractivity contribution < 1.29 is 9.84 Å². The maximum absolute atomic E-state index is 9.09. The van der Waals surface area contributed by atoms with Crippen molar-refractivity contribution in [3.63, 3.8) is 0 Å². The number of hydrogen-bond donors (Lipinski definition) is 3. The zero-order valence-corrected chi connectivity index (χ0v) is 13.2. The first kappa shape index (κ1) is 17.3. The lowest BCUT2D eigenvalue weighted by atomic mass is 9.94. The van der Waals surface area contributed by atoms with E-state index in [-0.39, 0.29) is 6.61 Å². The Bertz CT molecular complexity index is 430. The van der Waals surface area contributed by atoms with E-state index in [1.807, 2.05) is 24.3 Å². The van der Waals surface area contributed by atoms with Crippen LogP contribution in [0.5, 0.6) is 5.75 Å². The fraction of sp³-hybridized carbons (Fsp3) is 0.562. The summed E-state index contributed by atoms with van der Waals surface area (Å²) in [6.07, 6.45) is 1.80. The topological polar surface area (TPSA) is 79.9 Å². The highest BCUT2D eigenvalue weighted by Crippen LogP contribution is 2.16. The molecule has 1 aromatic rings. The third-order valence-electron chi connectivity index (χ3n) is 3.22. The van der Waals surface area contributed by atoms with Gasteiger partial charge in [-0.1, -0.05) is 13.8 Å². The third kappa shape index (κ3) is 6.99. The maximum atomic E-state index is 9.09. The molecule has 1 rings (SSSR count). The summed E-state index contributed by atoms with van der Waals surface area (Å²) in [7, 11) is 1.63. The van der Waals surface area contributed by atoms with E-state index < -0.39 is 0 Å². The van der Waals surface area contributed by atoms with E-state index in [1.165, 1.54) is 0 Å². The smallest absolute Gasteiger partial charge is 0.193 e. The number of aliphatic hydroxyl groups is 1. The van der Waals surface area contributed by atoms with E-state index in [4.69, 9.17) is 15.6 Å². The molecule has 0 radical (unpaired) electrons. The Kier molecular flexibility index (Phi) is 7.61. The Hall–Kier alpha value is -1.75. The lowest BCUT2D eigenvalue weighted by Crippen LogP contribution is -2.24. The van der Waals surface area contributed by atoms with Gasteiger partial charge in [-0.05, 0) is 48.9 Å². The Labute approximate surface area is 127 Å². The van der Waals surface area contributed by atoms with Gasteiger partial charge in [-0.25, -0.2) is 0 Å². The van der Waals surface area contributed by atoms with Gasteiger partial charge in [-0.2, -0.15) is 0 Å². The van der Waals surface area contributed by atoms with Gasteiger partial charge in [0.1, 0.15) is 5.75 Å². The summed E-state index contributed by atoms with van der Waals surface area (Å²) < 4.78 is 5.10. The average molecular weight is 293 g/mol. The zero-order valence-electron chi connectivity index (χ0n) is 13.2. The molecule has 21 heavy (non-hydrogen) atoms. The fourth-order valence-corrected chi connectivity index (χ4v) is 2.22. The van der Waals surface area contributed by atoms with Gasteiger partial charge < -0.3 is 20.9 Å². The summed E-state index contributed by atoms with van der Waals surface area (Å²) in [5.74, 6) is 2.15. The first-order valence-electron chi connectivity index (χ1n) is 7.37. The number of anilines is 1. The molecule has 0 heterocycles. The largest absolute Gasteiger partial charge is 0.497 e. The molecule has 4 N–H and O–H groups in total. The first-order chi connectivity index (χ1) is 10.0. The van der Waals surface area contributed by atoms with E-state index in [2.05, 4.69) is 24.2 Å². The zero-order chi connectivity index (χ0) is 15.7. The molecule has 5 heteroatoms. The molecule has 0 bridgehead atoms. The third-order valence-corrected chi connectivity index (χ3v) is 3.22. The fourth-order valence-electron chi connectivity index (χ4n) is 2.22. The van der Waals surface area contributed by atoms with Crippen LogP contribution in [0.15, 0.2) is 29.3 Å². The van der Waals surface area contributed by atoms with Gasteiger partial charge in [0.05, 0.1) is 7.11 Å². The minimum absolute atomic E-state index is 0.193. The Balaban J connectivity index is 2.53. The predicted molar refractivity (Wildman–Crippen MR) is 87.8 cm³/mol. The van der Waals surface area contributed by atoms with Crippen LogP contribution in [-0.4, -0.2) is 31.3 Å². The number of guanidine groups is 1. The predicted octanol–water partition coefficient (Wildman–Crippen LogP) is 2.47. The van der Waals surface area contributed by atoms with Crippen molar-refractivity contribution in [2.45, 2.75) is 26.7 Å². The quantitative estimate of drug-likeness (QED) is 0.508. The van der Waals surface area contributed by atoms with Crippen LogP contribution in [0.1, 0.15) is 26.7 Å². The van der Waals surface area contributed by atoms with Crippen molar-refractivity contribution in [2.75, 3.05) is 25.6 Å². The van der Waals surface area contributed by atoms with Crippen LogP contribution in [0, 0.1) is 11.8 Å². The molecule has 0 saturated heterocycles. The average Bonchev–Trinajstić information content (AvgIpc) is 2.45. The van der Waals surface area contributed by atoms with Crippen LogP contribution >= 0.6 is 0 Å². The molecule has 0 aromatic heterocycles. The van der Waals surface area contributed by atoms with Crippen molar-refractivity contribution in [3.05, 3.63) is 24.3 Å². The summed E-state index contributed by atoms with van der Waals surface area (Å²) in [4.78, 5) is 4.37. The molecule has 0 saturated carbocycles. The van der Waals surface area contributed by atoms with E-state index in [0.29, 0.717) is 24.3 Å². The highest BCUT2D eigenvalue weighted by atomic mass is 16.5. The van der Waals surface area contributed by atoms with Crippen molar-refractivity contribution >= 4 is 11.6 Å². The standard InChI is InChI=1S/C16H27N3O2/c1-12(2)10-13(8-9-20)11-18-16(17)19-14-4-6-15(21-3)7-5-14/h4-7,12-13,20H,8-11H2,1-3H3,(H3,17,18,19). The first-order valence-corrected chi connectivity index (χ1v) is 7.37. The van der Waals surface area contributed by atoms with E-state index in [1.54, 1.807) is 7.11 Å². The van der Waals surface area contributed by atoms with Gasteiger partial charge in [-0.3, -0.25) is 4.99 Å². The molecular weight excluding hydrogens is 266 g/mol. The number of benzene rings is 1. The lowest BCUT2D eigenvalue weighted by Gasteiger charge is -2.16. The Morgan fingerprint density at radius 3 is 2.52 bits per heavy atom. The summed E-state index contributed by atoms with van der Waals surface area (Å²) in [6.45, 7) is 5.17. The molecule has 118 valence electrons. The number of nitrogens with two attached hydrogens (primary N) is 1. The van der Waals surface area contributed by atoms with Gasteiger partial charge in [0.25, 0.3) is 0 Å². The normalized spacial score (nSPS) is 13.3. The van der Waals surface area contributed by atoms with Gasteiger partial charge >= 0.3 is 0 Å². The van der Waals surface area contributed by atoms with Crippen LogP contribution in [0.3, 0.4) is 0 Å². The highest BCUT2D eigenvalue weighted by molar-refractivity contribution is 5.92. The van der Waals surface area contributed by atoms with E-state index in [9.17, 15) is 0 Å². The van der Waals surface area contributed by atoms with E-state index in [0.717, 1.165) is 24.3 Å². The van der Waals surface area contributed by atoms with Gasteiger partial charge in [0.15, 0.2) is 5.96 Å². The molecule has 5 nitrogen and oxygen atoms in total. The van der Waals surface area contributed by atoms with Crippen LogP contribution in [-0.2, 0) is 0 Å². The number of hydrogen-bond acceptors (Lipinski definition) is 3. The molecule has 0 fully saturated rings. The van der Waals surface area contributed by atoms with Crippen LogP contribution < -0.4 is 15.8 Å². The maximum Gasteiger partial charge on any atom is 0.193 e. The van der Waals surface area contributed by atoms with Crippen LogP contribution in [0.25, 0.3) is 0 Å². The molecule has 0 spiro atoms. The summed E-state index contributed by atoms with van der Waals surface area (Å²) in [5, 5.41) is 12.1. The SMILES string of the molecule is COc1ccc(NC(N)=NCC(CCO)CC(C)C)cc1. The second-order valence-corrected chi connectivity index (χ2v) is 5.59. The monoisotopic (exact) mass is 293 g/mol. The molecule has 1 aromatic carbocycles. The van der Waals surface area contributed by atoms with Gasteiger partial charge in [0.2, 0.25) is 0 Å². The van der Waals surface area contributed by atoms with Gasteiger partial charge in [-0.15, -0.1) is 0 Å². The molecule has 0 aliphatic heterocycles. The summed E-state index contributed by atoms with van der Waals surface area (Å²) >= 11 is 0. The minimum Gasteiger partial charge on any atom is -0.497 e. The summed E-state index contributed by atoms with van der Waals surface area (Å²) in [6, 6.07) is 7.51. The number of nitrogens with one attached hydrogen (secondary N) is 1. The Morgan fingerprint density at radius 1 is 1.33 bits per heavy atom. The lowest BCUT2D eigenvalue weighted by molar-refractivity contribution is 0.246. The van der Waals surface area contributed by atoms with Crippen molar-refractivity contribution in [1.29, 1.82) is 0 Å². The van der Waals surface area contributed by atoms with Gasteiger partial charge in [0, 0.05) is 18.8 Å². The minimum atomic E-state index is 0.193. The number of aliphatic hydroxyl groups excluding tert-OH is 1. The molecule has 0 aliphatic rings. The number of ether oxygens (including phenoxy) is 1. The number of aliphatic imine (C=N–C) groups is 1. The second-order valence-electron chi connectivity index (χ2n) is 5.59. The van der Waals surface area contributed by atoms with Crippen LogP contribution in [0.2, 0.25) is 0 Å². The van der Waals surface area contributed by atoms with Crippen molar-refractivity contribution in [3.8, 4) is 5.75 Å². The van der Waals surface area contributed by atoms with E-state index >= 15 is 0 Å².